The first kappa shape index (κ1) is 21.5. The first-order valence-electron chi connectivity index (χ1n) is 10.9. The summed E-state index contributed by atoms with van der Waals surface area (Å²) >= 11 is 0. The zero-order valence-electron chi connectivity index (χ0n) is 18.2. The molecule has 2 atom stereocenters. The molecule has 2 N–H and O–H groups in total. The number of pyridine rings is 1. The molecule has 2 heterocycles. The van der Waals surface area contributed by atoms with Gasteiger partial charge in [-0.15, -0.1) is 0 Å². The Morgan fingerprint density at radius 2 is 1.90 bits per heavy atom. The Morgan fingerprint density at radius 3 is 2.68 bits per heavy atom. The van der Waals surface area contributed by atoms with E-state index in [1.54, 1.807) is 0 Å². The zero-order valence-corrected chi connectivity index (χ0v) is 18.2. The molecule has 31 heavy (non-hydrogen) atoms. The molecular weight excluding hydrogens is 388 g/mol. The molecule has 1 aliphatic rings. The SMILES string of the molecule is CC(C)(O)CCc1ccc(C(=O)N[C@@H]2COC[C@H]2Cc2ccnc3ccccc23)cc1. The van der Waals surface area contributed by atoms with Crippen molar-refractivity contribution in [2.24, 2.45) is 5.92 Å². The number of aliphatic hydroxyl groups is 1. The molecule has 1 amide bonds. The number of nitrogens with one attached hydrogen (secondary N) is 1. The maximum absolute atomic E-state index is 12.8. The minimum absolute atomic E-state index is 0.0192. The number of rotatable bonds is 7. The first-order chi connectivity index (χ1) is 14.9. The number of amides is 1. The standard InChI is InChI=1S/C26H30N2O3/c1-26(2,30)13-11-18-7-9-19(10-8-18)25(29)28-24-17-31-16-21(24)15-20-12-14-27-23-6-4-3-5-22(20)23/h3-10,12,14,21,24,30H,11,13,15-17H2,1-2H3,(H,28,29)/t21-,24-/m1/s1. The van der Waals surface area contributed by atoms with Crippen LogP contribution in [-0.2, 0) is 17.6 Å². The lowest BCUT2D eigenvalue weighted by atomic mass is 9.93. The molecule has 4 rings (SSSR count). The third-order valence-electron chi connectivity index (χ3n) is 5.98. The number of para-hydroxylation sites is 1. The average molecular weight is 419 g/mol. The van der Waals surface area contributed by atoms with E-state index in [2.05, 4.69) is 22.4 Å². The van der Waals surface area contributed by atoms with Gasteiger partial charge in [-0.2, -0.15) is 0 Å². The molecule has 1 aromatic heterocycles. The molecule has 0 radical (unpaired) electrons. The van der Waals surface area contributed by atoms with Gasteiger partial charge in [-0.1, -0.05) is 30.3 Å². The van der Waals surface area contributed by atoms with Crippen LogP contribution in [0.15, 0.2) is 60.8 Å². The molecule has 0 saturated carbocycles. The van der Waals surface area contributed by atoms with Crippen molar-refractivity contribution >= 4 is 16.8 Å². The highest BCUT2D eigenvalue weighted by Crippen LogP contribution is 2.24. The van der Waals surface area contributed by atoms with Crippen LogP contribution in [0.25, 0.3) is 10.9 Å². The fraction of sp³-hybridized carbons (Fsp3) is 0.385. The lowest BCUT2D eigenvalue weighted by molar-refractivity contribution is 0.0713. The van der Waals surface area contributed by atoms with E-state index < -0.39 is 5.60 Å². The molecule has 5 nitrogen and oxygen atoms in total. The molecule has 5 heteroatoms. The largest absolute Gasteiger partial charge is 0.390 e. The Bertz CT molecular complexity index is 1040. The highest BCUT2D eigenvalue weighted by Gasteiger charge is 2.30. The van der Waals surface area contributed by atoms with Gasteiger partial charge in [0.2, 0.25) is 0 Å². The van der Waals surface area contributed by atoms with Crippen LogP contribution in [0.5, 0.6) is 0 Å². The topological polar surface area (TPSA) is 71.5 Å². The minimum Gasteiger partial charge on any atom is -0.390 e. The van der Waals surface area contributed by atoms with Gasteiger partial charge in [-0.3, -0.25) is 9.78 Å². The number of benzene rings is 2. The third-order valence-corrected chi connectivity index (χ3v) is 5.98. The predicted octanol–water partition coefficient (Wildman–Crippen LogP) is 3.93. The number of fused-ring (bicyclic) bond motifs is 1. The highest BCUT2D eigenvalue weighted by molar-refractivity contribution is 5.94. The minimum atomic E-state index is -0.687. The molecule has 0 bridgehead atoms. The zero-order chi connectivity index (χ0) is 21.8. The number of aromatic nitrogens is 1. The van der Waals surface area contributed by atoms with Crippen molar-refractivity contribution in [2.75, 3.05) is 13.2 Å². The van der Waals surface area contributed by atoms with Gasteiger partial charge >= 0.3 is 0 Å². The first-order valence-corrected chi connectivity index (χ1v) is 10.9. The van der Waals surface area contributed by atoms with Crippen LogP contribution in [0.4, 0.5) is 0 Å². The molecule has 2 aromatic carbocycles. The average Bonchev–Trinajstić information content (AvgIpc) is 3.19. The lowest BCUT2D eigenvalue weighted by Gasteiger charge is -2.20. The van der Waals surface area contributed by atoms with Crippen molar-refractivity contribution in [1.29, 1.82) is 0 Å². The summed E-state index contributed by atoms with van der Waals surface area (Å²) in [7, 11) is 0. The summed E-state index contributed by atoms with van der Waals surface area (Å²) in [5.41, 5.74) is 3.30. The van der Waals surface area contributed by atoms with Crippen molar-refractivity contribution < 1.29 is 14.6 Å². The summed E-state index contributed by atoms with van der Waals surface area (Å²) in [6.45, 7) is 4.79. The second-order valence-electron chi connectivity index (χ2n) is 9.08. The van der Waals surface area contributed by atoms with Crippen LogP contribution >= 0.6 is 0 Å². The number of hydrogen-bond donors (Lipinski definition) is 2. The fourth-order valence-electron chi connectivity index (χ4n) is 4.10. The summed E-state index contributed by atoms with van der Waals surface area (Å²) < 4.78 is 5.72. The van der Waals surface area contributed by atoms with Gasteiger partial charge in [0.15, 0.2) is 0 Å². The Hall–Kier alpha value is -2.76. The molecule has 1 saturated heterocycles. The van der Waals surface area contributed by atoms with Gasteiger partial charge in [-0.25, -0.2) is 0 Å². The van der Waals surface area contributed by atoms with E-state index in [0.717, 1.165) is 29.3 Å². The van der Waals surface area contributed by atoms with Crippen LogP contribution in [0.2, 0.25) is 0 Å². The van der Waals surface area contributed by atoms with Crippen molar-refractivity contribution in [3.05, 3.63) is 77.5 Å². The number of carbonyl (C=O) groups is 1. The Kier molecular flexibility index (Phi) is 6.35. The van der Waals surface area contributed by atoms with Gasteiger partial charge in [0, 0.05) is 23.1 Å². The molecule has 0 aliphatic carbocycles. The second kappa shape index (κ2) is 9.16. The van der Waals surface area contributed by atoms with Gasteiger partial charge in [0.05, 0.1) is 30.4 Å². The van der Waals surface area contributed by atoms with Crippen LogP contribution in [0.1, 0.15) is 41.8 Å². The van der Waals surface area contributed by atoms with E-state index in [-0.39, 0.29) is 17.9 Å². The maximum Gasteiger partial charge on any atom is 0.251 e. The fourth-order valence-corrected chi connectivity index (χ4v) is 4.10. The van der Waals surface area contributed by atoms with E-state index in [1.165, 1.54) is 5.56 Å². The molecule has 0 unspecified atom stereocenters. The Balaban J connectivity index is 1.39. The van der Waals surface area contributed by atoms with E-state index in [9.17, 15) is 9.90 Å². The summed E-state index contributed by atoms with van der Waals surface area (Å²) in [6.07, 6.45) is 4.15. The normalized spacial score (nSPS) is 18.9. The number of aryl methyl sites for hydroxylation is 1. The maximum atomic E-state index is 12.8. The smallest absolute Gasteiger partial charge is 0.251 e. The van der Waals surface area contributed by atoms with E-state index in [4.69, 9.17) is 4.74 Å². The van der Waals surface area contributed by atoms with Crippen LogP contribution < -0.4 is 5.32 Å². The monoisotopic (exact) mass is 418 g/mol. The molecule has 162 valence electrons. The lowest BCUT2D eigenvalue weighted by Crippen LogP contribution is -2.40. The number of nitrogens with zero attached hydrogens (tertiary/aromatic N) is 1. The molecule has 1 aliphatic heterocycles. The molecular formula is C26H30N2O3. The van der Waals surface area contributed by atoms with Gasteiger partial charge in [0.25, 0.3) is 5.91 Å². The van der Waals surface area contributed by atoms with Crippen molar-refractivity contribution in [1.82, 2.24) is 10.3 Å². The number of carbonyl (C=O) groups excluding carboxylic acids is 1. The van der Waals surface area contributed by atoms with Crippen molar-refractivity contribution in [2.45, 2.75) is 44.8 Å². The van der Waals surface area contributed by atoms with Gasteiger partial charge < -0.3 is 15.2 Å². The summed E-state index contributed by atoms with van der Waals surface area (Å²) in [5.74, 6) is 0.148. The summed E-state index contributed by atoms with van der Waals surface area (Å²) in [5, 5.41) is 14.2. The predicted molar refractivity (Wildman–Crippen MR) is 122 cm³/mol. The van der Waals surface area contributed by atoms with E-state index >= 15 is 0 Å². The Labute approximate surface area is 183 Å². The quantitative estimate of drug-likeness (QED) is 0.610. The van der Waals surface area contributed by atoms with Gasteiger partial charge in [0.1, 0.15) is 0 Å². The van der Waals surface area contributed by atoms with Crippen LogP contribution in [0.3, 0.4) is 0 Å². The van der Waals surface area contributed by atoms with E-state index in [0.29, 0.717) is 25.2 Å². The van der Waals surface area contributed by atoms with Gasteiger partial charge in [-0.05, 0) is 68.5 Å². The van der Waals surface area contributed by atoms with Crippen molar-refractivity contribution in [3.63, 3.8) is 0 Å². The Morgan fingerprint density at radius 1 is 1.13 bits per heavy atom. The highest BCUT2D eigenvalue weighted by atomic mass is 16.5. The summed E-state index contributed by atoms with van der Waals surface area (Å²) in [4.78, 5) is 17.3. The van der Waals surface area contributed by atoms with Crippen LogP contribution in [-0.4, -0.2) is 40.9 Å². The van der Waals surface area contributed by atoms with Crippen LogP contribution in [0, 0.1) is 5.92 Å². The van der Waals surface area contributed by atoms with Crippen molar-refractivity contribution in [3.8, 4) is 0 Å². The number of ether oxygens (including phenoxy) is 1. The molecule has 0 spiro atoms. The molecule has 1 fully saturated rings. The third kappa shape index (κ3) is 5.49. The summed E-state index contributed by atoms with van der Waals surface area (Å²) in [6, 6.07) is 17.8. The molecule has 3 aromatic rings. The number of hydrogen-bond acceptors (Lipinski definition) is 4. The second-order valence-corrected chi connectivity index (χ2v) is 9.08. The van der Waals surface area contributed by atoms with E-state index in [1.807, 2.05) is 62.5 Å².